The summed E-state index contributed by atoms with van der Waals surface area (Å²) in [6, 6.07) is 0. The van der Waals surface area contributed by atoms with Crippen LogP contribution in [0.2, 0.25) is 5.28 Å². The van der Waals surface area contributed by atoms with Crippen molar-refractivity contribution in [1.29, 1.82) is 0 Å². The van der Waals surface area contributed by atoms with Gasteiger partial charge >= 0.3 is 5.97 Å². The molecule has 0 spiro atoms. The van der Waals surface area contributed by atoms with Crippen molar-refractivity contribution in [3.63, 3.8) is 0 Å². The van der Waals surface area contributed by atoms with Crippen LogP contribution in [-0.2, 0) is 21.3 Å². The third kappa shape index (κ3) is 31.6. The summed E-state index contributed by atoms with van der Waals surface area (Å²) in [5.41, 5.74) is 0. The van der Waals surface area contributed by atoms with E-state index in [0.29, 0.717) is 0 Å². The molecule has 0 aliphatic rings. The smallest absolute Gasteiger partial charge is 0.306 e. The Morgan fingerprint density at radius 3 is 1.76 bits per heavy atom. The van der Waals surface area contributed by atoms with E-state index in [0.717, 1.165) is 25.7 Å². The van der Waals surface area contributed by atoms with Gasteiger partial charge in [0, 0.05) is 16.5 Å². The van der Waals surface area contributed by atoms with E-state index in [4.69, 9.17) is 5.11 Å². The SMILES string of the molecule is C.CCCCC(CC)C(=O)O.C[CH2][Al].Cl.Cl.[Ni]. The van der Waals surface area contributed by atoms with E-state index in [-0.39, 0.29) is 54.7 Å². The molecular weight excluding hydrogens is 321 g/mol. The zero-order chi connectivity index (χ0) is 10.7. The zero-order valence-electron chi connectivity index (χ0n) is 10.2. The first kappa shape index (κ1) is 36.1. The molecule has 17 heavy (non-hydrogen) atoms. The van der Waals surface area contributed by atoms with Gasteiger partial charge in [-0.15, -0.1) is 30.1 Å². The van der Waals surface area contributed by atoms with Crippen LogP contribution >= 0.6 is 24.8 Å². The van der Waals surface area contributed by atoms with E-state index in [1.54, 1.807) is 0 Å². The molecule has 0 saturated carbocycles. The largest absolute Gasteiger partial charge is 0.481 e. The molecule has 0 aromatic carbocycles. The summed E-state index contributed by atoms with van der Waals surface area (Å²) in [5, 5.41) is 9.77. The number of carboxylic acid groups (broad SMARTS) is 1. The zero-order valence-corrected chi connectivity index (χ0v) is 14.0. The second-order valence-electron chi connectivity index (χ2n) is 2.99. The molecule has 2 radical (unpaired) electrons. The van der Waals surface area contributed by atoms with Crippen molar-refractivity contribution in [2.24, 2.45) is 5.92 Å². The molecule has 0 heterocycles. The van der Waals surface area contributed by atoms with Gasteiger partial charge in [0.25, 0.3) is 0 Å². The minimum absolute atomic E-state index is 0. The van der Waals surface area contributed by atoms with Gasteiger partial charge in [0.05, 0.1) is 5.92 Å². The van der Waals surface area contributed by atoms with Crippen LogP contribution < -0.4 is 0 Å². The predicted molar refractivity (Wildman–Crippen MR) is 78.4 cm³/mol. The predicted octanol–water partition coefficient (Wildman–Crippen LogP) is 4.36. The Morgan fingerprint density at radius 2 is 1.59 bits per heavy atom. The third-order valence-electron chi connectivity index (χ3n) is 1.75. The quantitative estimate of drug-likeness (QED) is 0.750. The monoisotopic (exact) mass is 346 g/mol. The summed E-state index contributed by atoms with van der Waals surface area (Å²) in [6.45, 7) is 6.09. The molecule has 1 unspecified atom stereocenters. The van der Waals surface area contributed by atoms with E-state index in [2.05, 4.69) is 30.1 Å². The molecule has 2 nitrogen and oxygen atoms in total. The Morgan fingerprint density at radius 1 is 1.24 bits per heavy atom. The van der Waals surface area contributed by atoms with Gasteiger partial charge in [0.2, 0.25) is 0 Å². The number of rotatable bonds is 5. The van der Waals surface area contributed by atoms with Gasteiger partial charge in [-0.1, -0.05) is 41.0 Å². The molecule has 0 aliphatic heterocycles. The van der Waals surface area contributed by atoms with Gasteiger partial charge in [-0.3, -0.25) is 4.79 Å². The van der Waals surface area contributed by atoms with Crippen LogP contribution in [0.25, 0.3) is 0 Å². The number of halogens is 2. The molecule has 6 heteroatoms. The maximum atomic E-state index is 10.4. The minimum Gasteiger partial charge on any atom is -0.481 e. The molecule has 0 fully saturated rings. The summed E-state index contributed by atoms with van der Waals surface area (Å²) >= 11 is 2.58. The van der Waals surface area contributed by atoms with Crippen molar-refractivity contribution in [2.45, 2.75) is 59.2 Å². The number of carboxylic acids is 1. The number of aliphatic carboxylic acids is 1. The van der Waals surface area contributed by atoms with Crippen LogP contribution in [0.5, 0.6) is 0 Å². The first-order valence-corrected chi connectivity index (χ1v) is 5.88. The molecule has 1 atom stereocenters. The van der Waals surface area contributed by atoms with Crippen LogP contribution in [-0.4, -0.2) is 27.4 Å². The van der Waals surface area contributed by atoms with E-state index < -0.39 is 5.97 Å². The Bertz CT molecular complexity index is 130. The van der Waals surface area contributed by atoms with Gasteiger partial charge in [0.1, 0.15) is 16.3 Å². The van der Waals surface area contributed by atoms with E-state index >= 15 is 0 Å². The van der Waals surface area contributed by atoms with Crippen molar-refractivity contribution in [3.8, 4) is 0 Å². The maximum Gasteiger partial charge on any atom is 0.306 e. The summed E-state index contributed by atoms with van der Waals surface area (Å²) in [6.07, 6.45) is 3.71. The minimum atomic E-state index is -0.643. The Kier molecular flexibility index (Phi) is 64.3. The molecule has 0 aromatic rings. The topological polar surface area (TPSA) is 37.3 Å². The van der Waals surface area contributed by atoms with Crippen molar-refractivity contribution in [2.75, 3.05) is 0 Å². The van der Waals surface area contributed by atoms with Crippen LogP contribution in [0.4, 0.5) is 0 Å². The summed E-state index contributed by atoms with van der Waals surface area (Å²) in [5.74, 6) is -0.754. The molecule has 0 rings (SSSR count). The summed E-state index contributed by atoms with van der Waals surface area (Å²) in [7, 11) is 0. The molecule has 0 saturated heterocycles. The molecule has 0 aliphatic carbocycles. The molecule has 0 bridgehead atoms. The molecule has 1 N–H and O–H groups in total. The Labute approximate surface area is 138 Å². The van der Waals surface area contributed by atoms with Gasteiger partial charge in [-0.25, -0.2) is 0 Å². The van der Waals surface area contributed by atoms with Crippen LogP contribution in [0.1, 0.15) is 53.9 Å². The van der Waals surface area contributed by atoms with Crippen LogP contribution in [0.15, 0.2) is 0 Å². The molecular formula is C11H27AlCl2NiO2. The van der Waals surface area contributed by atoms with E-state index in [1.165, 1.54) is 5.28 Å². The van der Waals surface area contributed by atoms with Crippen molar-refractivity contribution >= 4 is 47.1 Å². The third-order valence-corrected chi connectivity index (χ3v) is 1.75. The van der Waals surface area contributed by atoms with Crippen LogP contribution in [0, 0.1) is 5.92 Å². The standard InChI is InChI=1S/C8H16O2.C2H5.CH4.Al.2ClH.Ni/c1-3-5-6-7(4-2)8(9)10;1-2;;;;;/h7H,3-6H2,1-2H3,(H,9,10);1H2,2H3;1H4;;2*1H;. The fourth-order valence-electron chi connectivity index (χ4n) is 0.953. The van der Waals surface area contributed by atoms with Gasteiger partial charge < -0.3 is 5.11 Å². The number of hydrogen-bond acceptors (Lipinski definition) is 1. The fraction of sp³-hybridized carbons (Fsp3) is 0.909. The van der Waals surface area contributed by atoms with E-state index in [9.17, 15) is 4.79 Å². The average Bonchev–Trinajstić information content (AvgIpc) is 2.06. The van der Waals surface area contributed by atoms with Crippen molar-refractivity contribution in [3.05, 3.63) is 0 Å². The van der Waals surface area contributed by atoms with Gasteiger partial charge in [-0.05, 0) is 12.8 Å². The maximum absolute atomic E-state index is 10.4. The number of unbranched alkanes of at least 4 members (excludes halogenated alkanes) is 1. The number of carbonyl (C=O) groups is 1. The van der Waals surface area contributed by atoms with E-state index in [1.807, 2.05) is 6.92 Å². The Balaban J connectivity index is -0.0000000393. The van der Waals surface area contributed by atoms with Gasteiger partial charge in [0.15, 0.2) is 0 Å². The molecule has 0 aromatic heterocycles. The molecule has 110 valence electrons. The van der Waals surface area contributed by atoms with Crippen LogP contribution in [0.3, 0.4) is 0 Å². The second-order valence-corrected chi connectivity index (χ2v) is 3.81. The molecule has 0 amide bonds. The summed E-state index contributed by atoms with van der Waals surface area (Å²) in [4.78, 5) is 10.4. The van der Waals surface area contributed by atoms with Crippen molar-refractivity contribution in [1.82, 2.24) is 0 Å². The average molecular weight is 348 g/mol. The normalized spacial score (nSPS) is 8.65. The van der Waals surface area contributed by atoms with Gasteiger partial charge in [-0.2, -0.15) is 0 Å². The fourth-order valence-corrected chi connectivity index (χ4v) is 0.953. The Hall–Kier alpha value is 1.08. The number of hydrogen-bond donors (Lipinski definition) is 1. The first-order chi connectivity index (χ1) is 6.13. The first-order valence-electron chi connectivity index (χ1n) is 5.06. The second kappa shape index (κ2) is 30.3. The summed E-state index contributed by atoms with van der Waals surface area (Å²) < 4.78 is 0. The van der Waals surface area contributed by atoms with Crippen molar-refractivity contribution < 1.29 is 26.4 Å².